The van der Waals surface area contributed by atoms with Gasteiger partial charge in [-0.3, -0.25) is 9.59 Å². The van der Waals surface area contributed by atoms with Gasteiger partial charge in [0.2, 0.25) is 0 Å². The summed E-state index contributed by atoms with van der Waals surface area (Å²) in [5.74, 6) is 0.696. The van der Waals surface area contributed by atoms with Crippen LogP contribution >= 0.6 is 0 Å². The topological polar surface area (TPSA) is 102 Å². The van der Waals surface area contributed by atoms with E-state index in [1.54, 1.807) is 4.90 Å². The van der Waals surface area contributed by atoms with Gasteiger partial charge in [-0.15, -0.1) is 0 Å². The van der Waals surface area contributed by atoms with Gasteiger partial charge >= 0.3 is 0 Å². The molecule has 1 atom stereocenters. The van der Waals surface area contributed by atoms with Gasteiger partial charge in [0.05, 0.1) is 16.6 Å². The number of fused-ring (bicyclic) bond motifs is 1. The average Bonchev–Trinajstić information content (AvgIpc) is 3.03. The first-order valence-corrected chi connectivity index (χ1v) is 8.75. The third kappa shape index (κ3) is 3.20. The number of aromatic nitrogens is 3. The molecule has 1 aliphatic heterocycles. The zero-order valence-electron chi connectivity index (χ0n) is 14.2. The van der Waals surface area contributed by atoms with Crippen LogP contribution < -0.4 is 5.56 Å². The van der Waals surface area contributed by atoms with Gasteiger partial charge in [-0.1, -0.05) is 12.1 Å². The fourth-order valence-electron chi connectivity index (χ4n) is 3.59. The molecular formula is C19H20N4O3. The van der Waals surface area contributed by atoms with E-state index in [-0.39, 0.29) is 17.2 Å². The number of carbonyl (C=O) groups is 1. The van der Waals surface area contributed by atoms with Crippen molar-refractivity contribution in [3.05, 3.63) is 58.3 Å². The predicted molar refractivity (Wildman–Crippen MR) is 97.2 cm³/mol. The number of pyridine rings is 1. The van der Waals surface area contributed by atoms with E-state index in [2.05, 4.69) is 15.0 Å². The number of piperidine rings is 1. The SMILES string of the molecule is O=C(c1c[nH]c(=O)cc1O)N1CCCC(Cc2nc3ccccc3[nH]2)C1. The molecule has 0 aliphatic carbocycles. The van der Waals surface area contributed by atoms with Gasteiger partial charge < -0.3 is 20.0 Å². The maximum Gasteiger partial charge on any atom is 0.259 e. The first kappa shape index (κ1) is 16.4. The highest BCUT2D eigenvalue weighted by molar-refractivity contribution is 5.96. The van der Waals surface area contributed by atoms with Crippen LogP contribution in [0.1, 0.15) is 29.0 Å². The highest BCUT2D eigenvalue weighted by Gasteiger charge is 2.27. The highest BCUT2D eigenvalue weighted by atomic mass is 16.3. The molecule has 2 aromatic heterocycles. The quantitative estimate of drug-likeness (QED) is 0.671. The Bertz CT molecular complexity index is 974. The molecule has 3 N–H and O–H groups in total. The number of rotatable bonds is 3. The molecule has 7 nitrogen and oxygen atoms in total. The summed E-state index contributed by atoms with van der Waals surface area (Å²) in [5.41, 5.74) is 1.67. The Morgan fingerprint density at radius 3 is 3.00 bits per heavy atom. The lowest BCUT2D eigenvalue weighted by Gasteiger charge is -2.32. The molecule has 1 amide bonds. The Balaban J connectivity index is 1.48. The molecule has 1 saturated heterocycles. The maximum atomic E-state index is 12.7. The van der Waals surface area contributed by atoms with E-state index in [0.29, 0.717) is 19.0 Å². The lowest BCUT2D eigenvalue weighted by molar-refractivity contribution is 0.0668. The molecule has 0 bridgehead atoms. The van der Waals surface area contributed by atoms with E-state index in [9.17, 15) is 14.7 Å². The normalized spacial score (nSPS) is 17.5. The van der Waals surface area contributed by atoms with E-state index in [0.717, 1.165) is 42.2 Å². The van der Waals surface area contributed by atoms with Crippen LogP contribution in [0.4, 0.5) is 0 Å². The van der Waals surface area contributed by atoms with Crippen molar-refractivity contribution in [2.24, 2.45) is 5.92 Å². The Hall–Kier alpha value is -3.09. The fourth-order valence-corrected chi connectivity index (χ4v) is 3.59. The molecule has 4 rings (SSSR count). The number of nitrogens with one attached hydrogen (secondary N) is 2. The minimum Gasteiger partial charge on any atom is -0.507 e. The number of H-pyrrole nitrogens is 2. The Labute approximate surface area is 149 Å². The monoisotopic (exact) mass is 352 g/mol. The van der Waals surface area contributed by atoms with Crippen LogP contribution in [0.5, 0.6) is 5.75 Å². The van der Waals surface area contributed by atoms with Crippen LogP contribution in [-0.2, 0) is 6.42 Å². The second-order valence-electron chi connectivity index (χ2n) is 6.76. The summed E-state index contributed by atoms with van der Waals surface area (Å²) in [5, 5.41) is 9.89. The Morgan fingerprint density at radius 1 is 1.35 bits per heavy atom. The van der Waals surface area contributed by atoms with Crippen LogP contribution in [0.3, 0.4) is 0 Å². The van der Waals surface area contributed by atoms with Gasteiger partial charge in [0.1, 0.15) is 11.6 Å². The number of benzene rings is 1. The first-order chi connectivity index (χ1) is 12.6. The molecule has 1 aliphatic rings. The number of aromatic hydroxyl groups is 1. The summed E-state index contributed by atoms with van der Waals surface area (Å²) < 4.78 is 0. The van der Waals surface area contributed by atoms with Gasteiger partial charge in [0.15, 0.2) is 0 Å². The number of nitrogens with zero attached hydrogens (tertiary/aromatic N) is 2. The molecule has 3 aromatic rings. The molecule has 0 spiro atoms. The van der Waals surface area contributed by atoms with Crippen molar-refractivity contribution in [1.82, 2.24) is 19.9 Å². The van der Waals surface area contributed by atoms with Crippen molar-refractivity contribution < 1.29 is 9.90 Å². The largest absolute Gasteiger partial charge is 0.507 e. The van der Waals surface area contributed by atoms with Crippen molar-refractivity contribution in [2.75, 3.05) is 13.1 Å². The number of hydrogen-bond acceptors (Lipinski definition) is 4. The molecule has 7 heteroatoms. The van der Waals surface area contributed by atoms with Gasteiger partial charge in [-0.2, -0.15) is 0 Å². The van der Waals surface area contributed by atoms with Crippen LogP contribution in [0.2, 0.25) is 0 Å². The number of imidazole rings is 1. The minimum absolute atomic E-state index is 0.133. The summed E-state index contributed by atoms with van der Waals surface area (Å²) >= 11 is 0. The van der Waals surface area contributed by atoms with E-state index < -0.39 is 5.56 Å². The summed E-state index contributed by atoms with van der Waals surface area (Å²) in [7, 11) is 0. The maximum absolute atomic E-state index is 12.7. The van der Waals surface area contributed by atoms with Crippen molar-refractivity contribution in [2.45, 2.75) is 19.3 Å². The highest BCUT2D eigenvalue weighted by Crippen LogP contribution is 2.24. The van der Waals surface area contributed by atoms with E-state index >= 15 is 0 Å². The number of amides is 1. The number of likely N-dealkylation sites (tertiary alicyclic amines) is 1. The first-order valence-electron chi connectivity index (χ1n) is 8.75. The molecule has 0 saturated carbocycles. The standard InChI is InChI=1S/C19H20N4O3/c24-16-9-18(25)20-10-13(16)19(26)23-7-3-4-12(11-23)8-17-21-14-5-1-2-6-15(14)22-17/h1-2,5-6,9-10,12H,3-4,7-8,11H2,(H,21,22)(H2,20,24,25). The number of hydrogen-bond donors (Lipinski definition) is 3. The summed E-state index contributed by atoms with van der Waals surface area (Å²) in [6, 6.07) is 8.95. The van der Waals surface area contributed by atoms with Gasteiger partial charge in [-0.05, 0) is 30.9 Å². The second-order valence-corrected chi connectivity index (χ2v) is 6.76. The molecule has 134 valence electrons. The van der Waals surface area contributed by atoms with Gasteiger partial charge in [0, 0.05) is 31.8 Å². The third-order valence-corrected chi connectivity index (χ3v) is 4.86. The number of para-hydroxylation sites is 2. The van der Waals surface area contributed by atoms with Crippen molar-refractivity contribution in [1.29, 1.82) is 0 Å². The van der Waals surface area contributed by atoms with Crippen molar-refractivity contribution in [3.63, 3.8) is 0 Å². The number of carbonyl (C=O) groups excluding carboxylic acids is 1. The third-order valence-electron chi connectivity index (χ3n) is 4.86. The molecule has 0 radical (unpaired) electrons. The van der Waals surface area contributed by atoms with Crippen LogP contribution in [0.15, 0.2) is 41.3 Å². The minimum atomic E-state index is -0.430. The zero-order valence-corrected chi connectivity index (χ0v) is 14.2. The van der Waals surface area contributed by atoms with Crippen molar-refractivity contribution >= 4 is 16.9 Å². The molecule has 1 unspecified atom stereocenters. The van der Waals surface area contributed by atoms with E-state index in [4.69, 9.17) is 0 Å². The van der Waals surface area contributed by atoms with Crippen LogP contribution in [0, 0.1) is 5.92 Å². The summed E-state index contributed by atoms with van der Waals surface area (Å²) in [4.78, 5) is 36.1. The van der Waals surface area contributed by atoms with E-state index in [1.807, 2.05) is 24.3 Å². The lowest BCUT2D eigenvalue weighted by atomic mass is 9.94. The molecule has 1 fully saturated rings. The molecular weight excluding hydrogens is 332 g/mol. The smallest absolute Gasteiger partial charge is 0.259 e. The zero-order chi connectivity index (χ0) is 18.1. The van der Waals surface area contributed by atoms with Crippen LogP contribution in [0.25, 0.3) is 11.0 Å². The van der Waals surface area contributed by atoms with E-state index in [1.165, 1.54) is 6.20 Å². The Morgan fingerprint density at radius 2 is 2.19 bits per heavy atom. The van der Waals surface area contributed by atoms with Crippen molar-refractivity contribution in [3.8, 4) is 5.75 Å². The Kier molecular flexibility index (Phi) is 4.20. The van der Waals surface area contributed by atoms with Gasteiger partial charge in [0.25, 0.3) is 11.5 Å². The second kappa shape index (κ2) is 6.67. The molecule has 26 heavy (non-hydrogen) atoms. The average molecular weight is 352 g/mol. The summed E-state index contributed by atoms with van der Waals surface area (Å²) in [6.07, 6.45) is 3.98. The van der Waals surface area contributed by atoms with Gasteiger partial charge in [-0.25, -0.2) is 4.98 Å². The molecule has 1 aromatic carbocycles. The number of aromatic amines is 2. The predicted octanol–water partition coefficient (Wildman–Crippen LogP) is 2.05. The van der Waals surface area contributed by atoms with Crippen LogP contribution in [-0.4, -0.2) is 44.0 Å². The lowest BCUT2D eigenvalue weighted by Crippen LogP contribution is -2.40. The molecule has 3 heterocycles. The fraction of sp³-hybridized carbons (Fsp3) is 0.316. The summed E-state index contributed by atoms with van der Waals surface area (Å²) in [6.45, 7) is 1.25.